The van der Waals surface area contributed by atoms with E-state index in [1.807, 2.05) is 17.5 Å². The van der Waals surface area contributed by atoms with Gasteiger partial charge in [-0.05, 0) is 82.1 Å². The first-order chi connectivity index (χ1) is 15.1. The van der Waals surface area contributed by atoms with Crippen molar-refractivity contribution < 1.29 is 0 Å². The van der Waals surface area contributed by atoms with Gasteiger partial charge in [0.1, 0.15) is 0 Å². The molecule has 2 heterocycles. The summed E-state index contributed by atoms with van der Waals surface area (Å²) < 4.78 is 1.40. The van der Waals surface area contributed by atoms with Gasteiger partial charge in [-0.3, -0.25) is 4.98 Å². The van der Waals surface area contributed by atoms with Crippen molar-refractivity contribution in [2.75, 3.05) is 0 Å². The Hall–Kier alpha value is -2.71. The molecule has 0 radical (unpaired) electrons. The molecule has 0 aliphatic carbocycles. The molecule has 32 heavy (non-hydrogen) atoms. The summed E-state index contributed by atoms with van der Waals surface area (Å²) in [4.78, 5) is 6.26. The molecule has 162 valence electrons. The third-order valence-corrected chi connectivity index (χ3v) is 7.60. The maximum atomic E-state index is 4.90. The summed E-state index contributed by atoms with van der Waals surface area (Å²) in [5.74, 6) is 0.495. The van der Waals surface area contributed by atoms with Gasteiger partial charge in [-0.15, -0.1) is 11.3 Å². The third-order valence-electron chi connectivity index (χ3n) is 6.50. The summed E-state index contributed by atoms with van der Waals surface area (Å²) in [5.41, 5.74) is 6.50. The van der Waals surface area contributed by atoms with Gasteiger partial charge in [0.15, 0.2) is 0 Å². The number of aromatic nitrogens is 1. The number of fused-ring (bicyclic) bond motifs is 4. The van der Waals surface area contributed by atoms with Crippen LogP contribution in [-0.4, -0.2) is 4.98 Å². The largest absolute Gasteiger partial charge is 0.256 e. The molecule has 0 spiro atoms. The second-order valence-electron chi connectivity index (χ2n) is 10.5. The zero-order valence-electron chi connectivity index (χ0n) is 20.1. The van der Waals surface area contributed by atoms with Crippen molar-refractivity contribution in [3.63, 3.8) is 0 Å². The maximum absolute atomic E-state index is 4.90. The predicted octanol–water partition coefficient (Wildman–Crippen LogP) is 9.31. The minimum atomic E-state index is 0.0755. The number of hydrogen-bond acceptors (Lipinski definition) is 2. The van der Waals surface area contributed by atoms with Crippen molar-refractivity contribution in [3.8, 4) is 11.3 Å². The summed E-state index contributed by atoms with van der Waals surface area (Å²) in [6, 6.07) is 18.5. The van der Waals surface area contributed by atoms with Crippen LogP contribution >= 0.6 is 11.3 Å². The second kappa shape index (κ2) is 7.42. The van der Waals surface area contributed by atoms with Crippen LogP contribution in [0.5, 0.6) is 0 Å². The lowest BCUT2D eigenvalue weighted by Crippen LogP contribution is -2.11. The first-order valence-electron chi connectivity index (χ1n) is 11.5. The van der Waals surface area contributed by atoms with Crippen LogP contribution in [0.15, 0.2) is 54.7 Å². The molecule has 0 N–H and O–H groups in total. The molecule has 0 fully saturated rings. The SMILES string of the molecule is Cc1cc(C(C)C)c2ccc3c(-c4cc(C(C)(C)C)c5sc(C)cc5c4)nccc3c2c1. The normalized spacial score (nSPS) is 12.5. The minimum absolute atomic E-state index is 0.0755. The Morgan fingerprint density at radius 3 is 2.28 bits per heavy atom. The summed E-state index contributed by atoms with van der Waals surface area (Å²) in [5, 5.41) is 6.53. The number of aryl methyl sites for hydroxylation is 2. The van der Waals surface area contributed by atoms with Gasteiger partial charge in [-0.25, -0.2) is 0 Å². The number of hydrogen-bond donors (Lipinski definition) is 0. The maximum Gasteiger partial charge on any atom is 0.0780 e. The minimum Gasteiger partial charge on any atom is -0.256 e. The number of nitrogens with zero attached hydrogens (tertiary/aromatic N) is 1. The average molecular weight is 438 g/mol. The molecule has 0 aliphatic heterocycles. The number of pyridine rings is 1. The topological polar surface area (TPSA) is 12.9 Å². The van der Waals surface area contributed by atoms with Crippen molar-refractivity contribution in [3.05, 3.63) is 76.3 Å². The van der Waals surface area contributed by atoms with Crippen molar-refractivity contribution in [1.29, 1.82) is 0 Å². The molecule has 0 atom stereocenters. The molecule has 2 heteroatoms. The molecule has 0 aliphatic rings. The highest BCUT2D eigenvalue weighted by atomic mass is 32.1. The Balaban J connectivity index is 1.84. The summed E-state index contributed by atoms with van der Waals surface area (Å²) in [6.45, 7) is 15.9. The Labute approximate surface area is 195 Å². The van der Waals surface area contributed by atoms with Crippen molar-refractivity contribution in [2.45, 2.75) is 59.8 Å². The first kappa shape index (κ1) is 21.2. The average Bonchev–Trinajstić information content (AvgIpc) is 3.10. The predicted molar refractivity (Wildman–Crippen MR) is 142 cm³/mol. The first-order valence-corrected chi connectivity index (χ1v) is 12.3. The van der Waals surface area contributed by atoms with Crippen LogP contribution in [0.25, 0.3) is 42.9 Å². The Morgan fingerprint density at radius 2 is 1.56 bits per heavy atom. The van der Waals surface area contributed by atoms with Gasteiger partial charge in [-0.2, -0.15) is 0 Å². The van der Waals surface area contributed by atoms with E-state index in [4.69, 9.17) is 4.98 Å². The zero-order chi connectivity index (χ0) is 22.8. The standard InChI is InChI=1S/C30H31NS/c1-17(2)25-12-18(3)13-26-22(25)8-9-24-23(26)10-11-31-28(24)20-15-21-14-19(4)32-29(21)27(16-20)30(5,6)7/h8-17H,1-7H3. The molecule has 0 saturated heterocycles. The van der Waals surface area contributed by atoms with Gasteiger partial charge in [0.2, 0.25) is 0 Å². The van der Waals surface area contributed by atoms with Crippen LogP contribution in [0.2, 0.25) is 0 Å². The Bertz CT molecular complexity index is 1500. The number of rotatable bonds is 2. The van der Waals surface area contributed by atoms with Crippen LogP contribution in [0.3, 0.4) is 0 Å². The number of benzene rings is 3. The van der Waals surface area contributed by atoms with E-state index < -0.39 is 0 Å². The van der Waals surface area contributed by atoms with Crippen molar-refractivity contribution in [2.24, 2.45) is 0 Å². The van der Waals surface area contributed by atoms with E-state index in [0.717, 1.165) is 5.69 Å². The molecule has 3 aromatic carbocycles. The zero-order valence-corrected chi connectivity index (χ0v) is 20.9. The lowest BCUT2D eigenvalue weighted by molar-refractivity contribution is 0.597. The summed E-state index contributed by atoms with van der Waals surface area (Å²) >= 11 is 1.90. The molecule has 5 aromatic rings. The highest BCUT2D eigenvalue weighted by Crippen LogP contribution is 2.41. The highest BCUT2D eigenvalue weighted by Gasteiger charge is 2.21. The third kappa shape index (κ3) is 3.42. The van der Waals surface area contributed by atoms with E-state index in [-0.39, 0.29) is 5.41 Å². The van der Waals surface area contributed by atoms with Crippen molar-refractivity contribution >= 4 is 43.0 Å². The van der Waals surface area contributed by atoms with Crippen LogP contribution in [0.1, 0.15) is 62.1 Å². The molecule has 1 nitrogen and oxygen atoms in total. The molecule has 0 saturated carbocycles. The van der Waals surface area contributed by atoms with Crippen LogP contribution in [0, 0.1) is 13.8 Å². The van der Waals surface area contributed by atoms with Crippen molar-refractivity contribution in [1.82, 2.24) is 4.98 Å². The van der Waals surface area contributed by atoms with Gasteiger partial charge in [0, 0.05) is 26.7 Å². The van der Waals surface area contributed by atoms with Gasteiger partial charge in [-0.1, -0.05) is 64.4 Å². The number of thiophene rings is 1. The monoisotopic (exact) mass is 437 g/mol. The fraction of sp³-hybridized carbons (Fsp3) is 0.300. The molecule has 0 unspecified atom stereocenters. The van der Waals surface area contributed by atoms with Gasteiger partial charge < -0.3 is 0 Å². The van der Waals surface area contributed by atoms with Gasteiger partial charge >= 0.3 is 0 Å². The molecule has 5 rings (SSSR count). The van der Waals surface area contributed by atoms with Gasteiger partial charge in [0.05, 0.1) is 5.69 Å². The molecular formula is C30H31NS. The van der Waals surface area contributed by atoms with E-state index in [0.29, 0.717) is 5.92 Å². The van der Waals surface area contributed by atoms with E-state index in [2.05, 4.69) is 97.0 Å². The lowest BCUT2D eigenvalue weighted by Gasteiger charge is -2.21. The second-order valence-corrected chi connectivity index (χ2v) is 11.7. The van der Waals surface area contributed by atoms with Crippen LogP contribution < -0.4 is 0 Å². The highest BCUT2D eigenvalue weighted by molar-refractivity contribution is 7.19. The van der Waals surface area contributed by atoms with E-state index in [9.17, 15) is 0 Å². The lowest BCUT2D eigenvalue weighted by atomic mass is 9.84. The van der Waals surface area contributed by atoms with E-state index in [1.54, 1.807) is 0 Å². The van der Waals surface area contributed by atoms with E-state index in [1.165, 1.54) is 58.8 Å². The fourth-order valence-electron chi connectivity index (χ4n) is 4.96. The smallest absolute Gasteiger partial charge is 0.0780 e. The quantitative estimate of drug-likeness (QED) is 0.251. The molecular weight excluding hydrogens is 406 g/mol. The summed E-state index contributed by atoms with van der Waals surface area (Å²) in [7, 11) is 0. The fourth-order valence-corrected chi connectivity index (χ4v) is 6.18. The van der Waals surface area contributed by atoms with Crippen LogP contribution in [0.4, 0.5) is 0 Å². The molecule has 2 aromatic heterocycles. The van der Waals surface area contributed by atoms with E-state index >= 15 is 0 Å². The Kier molecular flexibility index (Phi) is 4.90. The Morgan fingerprint density at radius 1 is 0.812 bits per heavy atom. The van der Waals surface area contributed by atoms with Crippen LogP contribution in [-0.2, 0) is 5.41 Å². The summed E-state index contributed by atoms with van der Waals surface area (Å²) in [6.07, 6.45) is 1.98. The van der Waals surface area contributed by atoms with Gasteiger partial charge in [0.25, 0.3) is 0 Å². The molecule has 0 bridgehead atoms. The molecule has 0 amide bonds.